The Balaban J connectivity index is 2.01. The molecule has 32 heavy (non-hydrogen) atoms. The quantitative estimate of drug-likeness (QED) is 0.382. The summed E-state index contributed by atoms with van der Waals surface area (Å²) in [6.45, 7) is 5.37. The zero-order valence-electron chi connectivity index (χ0n) is 19.3. The average molecular weight is 451 g/mol. The third kappa shape index (κ3) is 6.99. The van der Waals surface area contributed by atoms with Crippen molar-refractivity contribution < 1.29 is 28.8 Å². The van der Waals surface area contributed by atoms with Gasteiger partial charge in [0.15, 0.2) is 0 Å². The fraction of sp³-hybridized carbons (Fsp3) is 0.538. The van der Waals surface area contributed by atoms with Crippen LogP contribution in [0.2, 0.25) is 0 Å². The highest BCUT2D eigenvalue weighted by Crippen LogP contribution is 2.39. The van der Waals surface area contributed by atoms with Crippen LogP contribution in [0.3, 0.4) is 0 Å². The van der Waals surface area contributed by atoms with E-state index in [1.165, 1.54) is 0 Å². The molecule has 2 rings (SSSR count). The van der Waals surface area contributed by atoms with Crippen molar-refractivity contribution in [3.05, 3.63) is 64.7 Å². The first-order chi connectivity index (χ1) is 15.1. The maximum Gasteiger partial charge on any atom is 0.276 e. The minimum absolute atomic E-state index is 0.00862. The van der Waals surface area contributed by atoms with Crippen LogP contribution < -0.4 is 4.74 Å². The molecule has 178 valence electrons. The van der Waals surface area contributed by atoms with Gasteiger partial charge < -0.3 is 20.1 Å². The molecule has 0 radical (unpaired) electrons. The van der Waals surface area contributed by atoms with Gasteiger partial charge in [-0.1, -0.05) is 45.0 Å². The van der Waals surface area contributed by atoms with Crippen molar-refractivity contribution in [1.82, 2.24) is 0 Å². The van der Waals surface area contributed by atoms with Crippen molar-refractivity contribution in [3.63, 3.8) is 0 Å². The van der Waals surface area contributed by atoms with E-state index in [1.54, 1.807) is 37.3 Å². The number of benzene rings is 2. The van der Waals surface area contributed by atoms with Crippen LogP contribution in [-0.4, -0.2) is 26.8 Å². The fourth-order valence-corrected chi connectivity index (χ4v) is 3.70. The number of rotatable bonds is 13. The molecule has 0 aromatic heterocycles. The first kappa shape index (κ1) is 26.2. The summed E-state index contributed by atoms with van der Waals surface area (Å²) >= 11 is 0. The predicted octanol–water partition coefficient (Wildman–Crippen LogP) is 5.40. The highest BCUT2D eigenvalue weighted by molar-refractivity contribution is 5.32. The lowest BCUT2D eigenvalue weighted by molar-refractivity contribution is -0.191. The summed E-state index contributed by atoms with van der Waals surface area (Å²) in [5, 5.41) is 29.5. The lowest BCUT2D eigenvalue weighted by Crippen LogP contribution is -2.48. The number of aryl methyl sites for hydroxylation is 1. The lowest BCUT2D eigenvalue weighted by Gasteiger charge is -2.36. The van der Waals surface area contributed by atoms with Gasteiger partial charge in [0.2, 0.25) is 0 Å². The fourth-order valence-electron chi connectivity index (χ4n) is 3.70. The SMILES string of the molecule is CCC(O)(CCc1cccc(OCc2ccc(CO)c(CO)c2)c1)C(F)(F)CCC(C)C. The summed E-state index contributed by atoms with van der Waals surface area (Å²) < 4.78 is 35.3. The highest BCUT2D eigenvalue weighted by atomic mass is 19.3. The van der Waals surface area contributed by atoms with Crippen molar-refractivity contribution in [2.75, 3.05) is 0 Å². The number of hydrogen-bond donors (Lipinski definition) is 3. The molecule has 0 saturated carbocycles. The van der Waals surface area contributed by atoms with Crippen molar-refractivity contribution in [2.24, 2.45) is 5.92 Å². The molecular weight excluding hydrogens is 414 g/mol. The van der Waals surface area contributed by atoms with Crippen LogP contribution in [0.15, 0.2) is 42.5 Å². The van der Waals surface area contributed by atoms with Gasteiger partial charge in [-0.2, -0.15) is 0 Å². The van der Waals surface area contributed by atoms with Gasteiger partial charge in [-0.25, -0.2) is 8.78 Å². The van der Waals surface area contributed by atoms with Crippen LogP contribution in [0.5, 0.6) is 5.75 Å². The topological polar surface area (TPSA) is 69.9 Å². The largest absolute Gasteiger partial charge is 0.489 e. The second kappa shape index (κ2) is 11.7. The lowest BCUT2D eigenvalue weighted by atomic mass is 9.83. The van der Waals surface area contributed by atoms with E-state index in [1.807, 2.05) is 26.0 Å². The zero-order valence-corrected chi connectivity index (χ0v) is 19.3. The Kier molecular flexibility index (Phi) is 9.62. The highest BCUT2D eigenvalue weighted by Gasteiger charge is 2.50. The van der Waals surface area contributed by atoms with Gasteiger partial charge in [-0.05, 0) is 72.1 Å². The van der Waals surface area contributed by atoms with Crippen molar-refractivity contribution >= 4 is 0 Å². The number of alkyl halides is 2. The summed E-state index contributed by atoms with van der Waals surface area (Å²) in [6, 6.07) is 12.6. The molecular formula is C26H36F2O4. The van der Waals surface area contributed by atoms with E-state index in [0.717, 1.165) is 11.1 Å². The third-order valence-electron chi connectivity index (χ3n) is 6.04. The van der Waals surface area contributed by atoms with Gasteiger partial charge in [0.1, 0.15) is 18.0 Å². The molecule has 0 aliphatic heterocycles. The van der Waals surface area contributed by atoms with Crippen molar-refractivity contribution in [1.29, 1.82) is 0 Å². The van der Waals surface area contributed by atoms with E-state index in [2.05, 4.69) is 0 Å². The van der Waals surface area contributed by atoms with Crippen molar-refractivity contribution in [2.45, 2.75) is 84.2 Å². The Bertz CT molecular complexity index is 853. The molecule has 0 amide bonds. The van der Waals surface area contributed by atoms with Crippen LogP contribution in [-0.2, 0) is 26.2 Å². The number of hydrogen-bond acceptors (Lipinski definition) is 4. The van der Waals surface area contributed by atoms with E-state index in [4.69, 9.17) is 4.74 Å². The predicted molar refractivity (Wildman–Crippen MR) is 122 cm³/mol. The molecule has 2 aromatic carbocycles. The average Bonchev–Trinajstić information content (AvgIpc) is 2.79. The molecule has 0 heterocycles. The number of halogens is 2. The Hall–Kier alpha value is -2.02. The molecule has 2 aromatic rings. The van der Waals surface area contributed by atoms with Crippen LogP contribution in [0.4, 0.5) is 8.78 Å². The molecule has 1 atom stereocenters. The van der Waals surface area contributed by atoms with Gasteiger partial charge in [0, 0.05) is 6.42 Å². The second-order valence-electron chi connectivity index (χ2n) is 8.88. The van der Waals surface area contributed by atoms with Crippen LogP contribution in [0.25, 0.3) is 0 Å². The minimum atomic E-state index is -3.13. The van der Waals surface area contributed by atoms with Crippen LogP contribution in [0.1, 0.15) is 68.7 Å². The third-order valence-corrected chi connectivity index (χ3v) is 6.04. The first-order valence-corrected chi connectivity index (χ1v) is 11.3. The second-order valence-corrected chi connectivity index (χ2v) is 8.88. The van der Waals surface area contributed by atoms with Gasteiger partial charge in [0.05, 0.1) is 13.2 Å². The number of ether oxygens (including phenoxy) is 1. The summed E-state index contributed by atoms with van der Waals surface area (Å²) in [5.41, 5.74) is 0.961. The maximum absolute atomic E-state index is 14.7. The van der Waals surface area contributed by atoms with Gasteiger partial charge in [-0.3, -0.25) is 0 Å². The Morgan fingerprint density at radius 2 is 1.66 bits per heavy atom. The van der Waals surface area contributed by atoms with E-state index in [0.29, 0.717) is 29.7 Å². The molecule has 0 saturated heterocycles. The van der Waals surface area contributed by atoms with Gasteiger partial charge >= 0.3 is 0 Å². The van der Waals surface area contributed by atoms with E-state index in [-0.39, 0.29) is 45.0 Å². The molecule has 0 aliphatic rings. The Labute approximate surface area is 189 Å². The molecule has 0 aliphatic carbocycles. The smallest absolute Gasteiger partial charge is 0.276 e. The van der Waals surface area contributed by atoms with Crippen molar-refractivity contribution in [3.8, 4) is 5.75 Å². The maximum atomic E-state index is 14.7. The molecule has 0 spiro atoms. The van der Waals surface area contributed by atoms with Gasteiger partial charge in [-0.15, -0.1) is 0 Å². The van der Waals surface area contributed by atoms with Gasteiger partial charge in [0.25, 0.3) is 5.92 Å². The molecule has 0 bridgehead atoms. The monoisotopic (exact) mass is 450 g/mol. The summed E-state index contributed by atoms with van der Waals surface area (Å²) in [4.78, 5) is 0. The molecule has 3 N–H and O–H groups in total. The summed E-state index contributed by atoms with van der Waals surface area (Å²) in [6.07, 6.45) is 0.337. The molecule has 4 nitrogen and oxygen atoms in total. The molecule has 0 fully saturated rings. The number of aliphatic hydroxyl groups excluding tert-OH is 2. The Morgan fingerprint density at radius 3 is 2.28 bits per heavy atom. The Morgan fingerprint density at radius 1 is 0.938 bits per heavy atom. The van der Waals surface area contributed by atoms with E-state index in [9.17, 15) is 24.1 Å². The molecule has 6 heteroatoms. The summed E-state index contributed by atoms with van der Waals surface area (Å²) in [7, 11) is 0. The standard InChI is InChI=1S/C26H36F2O4/c1-4-25(31,26(27,28)13-10-19(2)3)12-11-20-6-5-7-24(15-20)32-18-21-8-9-22(16-29)23(14-21)17-30/h5-9,14-15,19,29-31H,4,10-13,16-18H2,1-3H3. The van der Waals surface area contributed by atoms with Crippen LogP contribution in [0, 0.1) is 5.92 Å². The zero-order chi connectivity index (χ0) is 23.8. The molecule has 1 unspecified atom stereocenters. The van der Waals surface area contributed by atoms with Crippen LogP contribution >= 0.6 is 0 Å². The summed E-state index contributed by atoms with van der Waals surface area (Å²) in [5.74, 6) is -2.37. The van der Waals surface area contributed by atoms with E-state index < -0.39 is 11.5 Å². The minimum Gasteiger partial charge on any atom is -0.489 e. The van der Waals surface area contributed by atoms with E-state index >= 15 is 0 Å². The normalized spacial score (nSPS) is 13.9. The number of aliphatic hydroxyl groups is 3. The first-order valence-electron chi connectivity index (χ1n) is 11.3.